The maximum absolute atomic E-state index is 12.0. The lowest BCUT2D eigenvalue weighted by atomic mass is 10.1. The molecule has 1 fully saturated rings. The Hall–Kier alpha value is -1.66. The summed E-state index contributed by atoms with van der Waals surface area (Å²) in [4.78, 5) is 18.2. The first kappa shape index (κ1) is 13.3. The molecule has 1 aromatic heterocycles. The predicted octanol–water partition coefficient (Wildman–Crippen LogP) is 1.96. The Morgan fingerprint density at radius 2 is 2.35 bits per heavy atom. The van der Waals surface area contributed by atoms with Gasteiger partial charge in [0, 0.05) is 13.1 Å². The summed E-state index contributed by atoms with van der Waals surface area (Å²) in [7, 11) is 0. The highest BCUT2D eigenvalue weighted by Gasteiger charge is 2.21. The first-order chi connectivity index (χ1) is 9.72. The van der Waals surface area contributed by atoms with Crippen molar-refractivity contribution in [1.82, 2.24) is 15.2 Å². The number of hydrogen-bond donors (Lipinski definition) is 2. The molecular weight excluding hydrogens is 274 g/mol. The number of carbonyl (C=O) groups excluding carboxylic acids is 1. The number of likely N-dealkylation sites (tertiary alicyclic amines) is 1. The maximum Gasteiger partial charge on any atom is 0.317 e. The number of piperidine rings is 1. The van der Waals surface area contributed by atoms with E-state index in [2.05, 4.69) is 10.3 Å². The average molecular weight is 291 g/mol. The van der Waals surface area contributed by atoms with Gasteiger partial charge in [-0.25, -0.2) is 9.78 Å². The Kier molecular flexibility index (Phi) is 3.84. The van der Waals surface area contributed by atoms with E-state index in [0.717, 1.165) is 28.1 Å². The van der Waals surface area contributed by atoms with Crippen molar-refractivity contribution in [1.29, 1.82) is 0 Å². The van der Waals surface area contributed by atoms with Crippen LogP contribution in [0.15, 0.2) is 24.3 Å². The van der Waals surface area contributed by atoms with Crippen LogP contribution in [0.2, 0.25) is 0 Å². The van der Waals surface area contributed by atoms with E-state index in [9.17, 15) is 9.90 Å². The molecule has 1 unspecified atom stereocenters. The Morgan fingerprint density at radius 3 is 3.15 bits per heavy atom. The first-order valence-electron chi connectivity index (χ1n) is 6.77. The molecule has 6 heteroatoms. The van der Waals surface area contributed by atoms with E-state index >= 15 is 0 Å². The molecule has 1 aliphatic heterocycles. The molecule has 2 amide bonds. The fraction of sp³-hybridized carbons (Fsp3) is 0.429. The van der Waals surface area contributed by atoms with Gasteiger partial charge in [0.05, 0.1) is 22.9 Å². The van der Waals surface area contributed by atoms with Crippen LogP contribution in [0.5, 0.6) is 0 Å². The van der Waals surface area contributed by atoms with E-state index in [-0.39, 0.29) is 6.03 Å². The van der Waals surface area contributed by atoms with Gasteiger partial charge < -0.3 is 15.3 Å². The summed E-state index contributed by atoms with van der Waals surface area (Å²) in [5.74, 6) is 0. The molecule has 2 aromatic rings. The lowest BCUT2D eigenvalue weighted by Gasteiger charge is -2.29. The minimum Gasteiger partial charge on any atom is -0.391 e. The molecular formula is C14H17N3O2S. The zero-order chi connectivity index (χ0) is 13.9. The number of β-amino-alcohol motifs (C(OH)–C–C–N with tert-alkyl or cyclic N) is 1. The van der Waals surface area contributed by atoms with Gasteiger partial charge in [0.2, 0.25) is 0 Å². The highest BCUT2D eigenvalue weighted by molar-refractivity contribution is 7.18. The molecule has 0 saturated carbocycles. The lowest BCUT2D eigenvalue weighted by Crippen LogP contribution is -2.46. The Balaban J connectivity index is 1.59. The van der Waals surface area contributed by atoms with Gasteiger partial charge in [-0.2, -0.15) is 0 Å². The highest BCUT2D eigenvalue weighted by Crippen LogP contribution is 2.21. The molecule has 3 rings (SSSR count). The van der Waals surface area contributed by atoms with Crippen LogP contribution < -0.4 is 5.32 Å². The summed E-state index contributed by atoms with van der Waals surface area (Å²) in [6, 6.07) is 7.82. The fourth-order valence-electron chi connectivity index (χ4n) is 2.40. The van der Waals surface area contributed by atoms with E-state index in [0.29, 0.717) is 19.6 Å². The third-order valence-corrected chi connectivity index (χ3v) is 4.45. The summed E-state index contributed by atoms with van der Waals surface area (Å²) in [6.45, 7) is 1.57. The van der Waals surface area contributed by atoms with Crippen LogP contribution in [-0.4, -0.2) is 40.2 Å². The number of nitrogens with one attached hydrogen (secondary N) is 1. The monoisotopic (exact) mass is 291 g/mol. The van der Waals surface area contributed by atoms with Gasteiger partial charge in [0.1, 0.15) is 5.01 Å². The minimum atomic E-state index is -0.392. The van der Waals surface area contributed by atoms with Gasteiger partial charge in [-0.3, -0.25) is 0 Å². The van der Waals surface area contributed by atoms with Gasteiger partial charge in [-0.1, -0.05) is 12.1 Å². The van der Waals surface area contributed by atoms with Crippen LogP contribution in [0, 0.1) is 0 Å². The number of thiazole rings is 1. The van der Waals surface area contributed by atoms with Crippen molar-refractivity contribution < 1.29 is 9.90 Å². The number of para-hydroxylation sites is 1. The molecule has 1 atom stereocenters. The topological polar surface area (TPSA) is 65.5 Å². The Morgan fingerprint density at radius 1 is 1.50 bits per heavy atom. The molecule has 106 valence electrons. The normalized spacial score (nSPS) is 19.2. The van der Waals surface area contributed by atoms with Gasteiger partial charge >= 0.3 is 6.03 Å². The second-order valence-electron chi connectivity index (χ2n) is 4.98. The van der Waals surface area contributed by atoms with Crippen LogP contribution >= 0.6 is 11.3 Å². The van der Waals surface area contributed by atoms with Crippen molar-refractivity contribution >= 4 is 27.6 Å². The van der Waals surface area contributed by atoms with E-state index < -0.39 is 6.10 Å². The Bertz CT molecular complexity index is 580. The molecule has 1 saturated heterocycles. The zero-order valence-corrected chi connectivity index (χ0v) is 11.9. The molecule has 0 radical (unpaired) electrons. The van der Waals surface area contributed by atoms with Crippen LogP contribution in [0.1, 0.15) is 17.8 Å². The summed E-state index contributed by atoms with van der Waals surface area (Å²) in [5.41, 5.74) is 0.968. The third-order valence-electron chi connectivity index (χ3n) is 3.41. The molecule has 1 aliphatic rings. The largest absolute Gasteiger partial charge is 0.391 e. The summed E-state index contributed by atoms with van der Waals surface area (Å²) >= 11 is 1.59. The number of rotatable bonds is 2. The zero-order valence-electron chi connectivity index (χ0n) is 11.1. The summed E-state index contributed by atoms with van der Waals surface area (Å²) in [5, 5.41) is 13.4. The van der Waals surface area contributed by atoms with E-state index in [1.54, 1.807) is 16.2 Å². The van der Waals surface area contributed by atoms with Crippen LogP contribution in [0.4, 0.5) is 4.79 Å². The number of amides is 2. The molecule has 2 heterocycles. The van der Waals surface area contributed by atoms with E-state index in [1.807, 2.05) is 24.3 Å². The third kappa shape index (κ3) is 2.91. The lowest BCUT2D eigenvalue weighted by molar-refractivity contribution is 0.0842. The molecule has 0 bridgehead atoms. The van der Waals surface area contributed by atoms with Gasteiger partial charge in [-0.15, -0.1) is 11.3 Å². The molecule has 2 N–H and O–H groups in total. The number of aromatic nitrogens is 1. The van der Waals surface area contributed by atoms with Gasteiger partial charge in [-0.05, 0) is 25.0 Å². The van der Waals surface area contributed by atoms with Crippen LogP contribution in [-0.2, 0) is 6.54 Å². The first-order valence-corrected chi connectivity index (χ1v) is 7.59. The molecule has 0 spiro atoms. The number of urea groups is 1. The average Bonchev–Trinajstić information content (AvgIpc) is 2.87. The molecule has 0 aliphatic carbocycles. The quantitative estimate of drug-likeness (QED) is 0.889. The Labute approximate surface area is 121 Å². The number of aliphatic hydroxyl groups is 1. The number of fused-ring (bicyclic) bond motifs is 1. The molecule has 20 heavy (non-hydrogen) atoms. The number of nitrogens with zero attached hydrogens (tertiary/aromatic N) is 2. The number of benzene rings is 1. The maximum atomic E-state index is 12.0. The minimum absolute atomic E-state index is 0.122. The summed E-state index contributed by atoms with van der Waals surface area (Å²) in [6.07, 6.45) is 1.24. The SMILES string of the molecule is O=C(NCc1nc2ccccc2s1)N1CCCC(O)C1. The van der Waals surface area contributed by atoms with Gasteiger partial charge in [0.25, 0.3) is 0 Å². The number of hydrogen-bond acceptors (Lipinski definition) is 4. The van der Waals surface area contributed by atoms with Crippen molar-refractivity contribution in [2.24, 2.45) is 0 Å². The summed E-state index contributed by atoms with van der Waals surface area (Å²) < 4.78 is 1.13. The standard InChI is InChI=1S/C14H17N3O2S/c18-10-4-3-7-17(9-10)14(19)15-8-13-16-11-5-1-2-6-12(11)20-13/h1-2,5-6,10,18H,3-4,7-9H2,(H,15,19). The van der Waals surface area contributed by atoms with Crippen molar-refractivity contribution in [2.45, 2.75) is 25.5 Å². The number of aliphatic hydroxyl groups excluding tert-OH is 1. The number of carbonyl (C=O) groups is 1. The molecule has 1 aromatic carbocycles. The fourth-order valence-corrected chi connectivity index (χ4v) is 3.30. The predicted molar refractivity (Wildman–Crippen MR) is 78.7 cm³/mol. The van der Waals surface area contributed by atoms with E-state index in [4.69, 9.17) is 0 Å². The van der Waals surface area contributed by atoms with Crippen molar-refractivity contribution in [3.63, 3.8) is 0 Å². The highest BCUT2D eigenvalue weighted by atomic mass is 32.1. The van der Waals surface area contributed by atoms with Crippen molar-refractivity contribution in [3.8, 4) is 0 Å². The smallest absolute Gasteiger partial charge is 0.317 e. The van der Waals surface area contributed by atoms with Crippen LogP contribution in [0.25, 0.3) is 10.2 Å². The van der Waals surface area contributed by atoms with E-state index in [1.165, 1.54) is 0 Å². The second kappa shape index (κ2) is 5.76. The van der Waals surface area contributed by atoms with Crippen molar-refractivity contribution in [2.75, 3.05) is 13.1 Å². The van der Waals surface area contributed by atoms with Gasteiger partial charge in [0.15, 0.2) is 0 Å². The second-order valence-corrected chi connectivity index (χ2v) is 6.09. The van der Waals surface area contributed by atoms with Crippen molar-refractivity contribution in [3.05, 3.63) is 29.3 Å². The molecule has 5 nitrogen and oxygen atoms in total. The van der Waals surface area contributed by atoms with Crippen LogP contribution in [0.3, 0.4) is 0 Å².